The molecule has 1 saturated carbocycles. The molecule has 4 atom stereocenters. The smallest absolute Gasteiger partial charge is 0.411 e. The molecular formula is C30H37F4N3O4Si. The Kier molecular flexibility index (Phi) is 9.19. The van der Waals surface area contributed by atoms with Crippen LogP contribution in [0.1, 0.15) is 48.7 Å². The highest BCUT2D eigenvalue weighted by atomic mass is 28.4. The van der Waals surface area contributed by atoms with E-state index >= 15 is 4.39 Å². The average molecular weight is 608 g/mol. The second-order valence-electron chi connectivity index (χ2n) is 12.2. The van der Waals surface area contributed by atoms with Gasteiger partial charge in [-0.25, -0.2) is 4.39 Å². The van der Waals surface area contributed by atoms with Gasteiger partial charge in [-0.3, -0.25) is 9.78 Å². The minimum atomic E-state index is -4.79. The number of nitrogens with zero attached hydrogens (tertiary/aromatic N) is 2. The third-order valence-corrected chi connectivity index (χ3v) is 12.6. The first kappa shape index (κ1) is 31.7. The molecule has 1 aliphatic carbocycles. The summed E-state index contributed by atoms with van der Waals surface area (Å²) in [5.74, 6) is -1.06. The van der Waals surface area contributed by atoms with Gasteiger partial charge in [-0.05, 0) is 54.4 Å². The summed E-state index contributed by atoms with van der Waals surface area (Å²) in [5.41, 5.74) is 1.55. The van der Waals surface area contributed by atoms with Crippen molar-refractivity contribution in [2.24, 2.45) is 5.92 Å². The molecule has 0 aliphatic heterocycles. The van der Waals surface area contributed by atoms with Crippen molar-refractivity contribution in [3.63, 3.8) is 0 Å². The summed E-state index contributed by atoms with van der Waals surface area (Å²) in [5, 5.41) is 13.1. The Hall–Kier alpha value is -3.22. The highest BCUT2D eigenvalue weighted by Gasteiger charge is 2.49. The Morgan fingerprint density at radius 3 is 2.60 bits per heavy atom. The number of aliphatic hydroxyl groups is 1. The average Bonchev–Trinajstić information content (AvgIpc) is 3.47. The van der Waals surface area contributed by atoms with Gasteiger partial charge < -0.3 is 24.2 Å². The summed E-state index contributed by atoms with van der Waals surface area (Å²) in [4.78, 5) is 17.6. The van der Waals surface area contributed by atoms with Crippen molar-refractivity contribution in [3.05, 3.63) is 77.9 Å². The van der Waals surface area contributed by atoms with Crippen LogP contribution in [0.25, 0.3) is 0 Å². The summed E-state index contributed by atoms with van der Waals surface area (Å²) in [6.45, 7) is 10.3. The van der Waals surface area contributed by atoms with Crippen LogP contribution in [0, 0.1) is 5.92 Å². The van der Waals surface area contributed by atoms with Crippen LogP contribution in [0.3, 0.4) is 0 Å². The van der Waals surface area contributed by atoms with Crippen molar-refractivity contribution in [1.29, 1.82) is 0 Å². The number of carbonyl (C=O) groups excluding carboxylic acids is 1. The van der Waals surface area contributed by atoms with Gasteiger partial charge in [0.1, 0.15) is 11.9 Å². The van der Waals surface area contributed by atoms with E-state index in [9.17, 15) is 23.1 Å². The first-order chi connectivity index (χ1) is 19.6. The van der Waals surface area contributed by atoms with Crippen molar-refractivity contribution in [1.82, 2.24) is 9.55 Å². The Bertz CT molecular complexity index is 1390. The number of alkyl halides is 4. The molecule has 0 spiro atoms. The van der Waals surface area contributed by atoms with Crippen LogP contribution in [-0.2, 0) is 11.0 Å². The quantitative estimate of drug-likeness (QED) is 0.154. The number of aromatic nitrogens is 2. The van der Waals surface area contributed by atoms with Gasteiger partial charge in [-0.1, -0.05) is 32.9 Å². The van der Waals surface area contributed by atoms with E-state index in [0.717, 1.165) is 0 Å². The van der Waals surface area contributed by atoms with Crippen molar-refractivity contribution < 1.29 is 36.6 Å². The zero-order chi connectivity index (χ0) is 30.9. The Labute approximate surface area is 244 Å². The number of carbonyl (C=O) groups is 1. The highest BCUT2D eigenvalue weighted by molar-refractivity contribution is 6.74. The molecule has 3 aromatic rings. The lowest BCUT2D eigenvalue weighted by molar-refractivity contribution is -0.274. The number of anilines is 1. The van der Waals surface area contributed by atoms with Crippen molar-refractivity contribution in [2.75, 3.05) is 11.9 Å². The second-order valence-corrected chi connectivity index (χ2v) is 17.0. The molecule has 0 saturated heterocycles. The van der Waals surface area contributed by atoms with Gasteiger partial charge in [0.25, 0.3) is 0 Å². The molecule has 7 nitrogen and oxygen atoms in total. The number of ether oxygens (including phenoxy) is 1. The van der Waals surface area contributed by atoms with Crippen LogP contribution in [0.2, 0.25) is 18.1 Å². The van der Waals surface area contributed by atoms with Crippen LogP contribution >= 0.6 is 0 Å². The fourth-order valence-corrected chi connectivity index (χ4v) is 6.21. The van der Waals surface area contributed by atoms with E-state index in [4.69, 9.17) is 4.43 Å². The second kappa shape index (κ2) is 12.2. The van der Waals surface area contributed by atoms with E-state index in [1.807, 2.05) is 13.1 Å². The molecule has 12 heteroatoms. The summed E-state index contributed by atoms with van der Waals surface area (Å²) < 4.78 is 65.7. The summed E-state index contributed by atoms with van der Waals surface area (Å²) in [7, 11) is -2.31. The van der Waals surface area contributed by atoms with Crippen LogP contribution in [0.15, 0.2) is 61.2 Å². The van der Waals surface area contributed by atoms with Crippen molar-refractivity contribution in [3.8, 4) is 5.75 Å². The van der Waals surface area contributed by atoms with Gasteiger partial charge in [0.15, 0.2) is 14.1 Å². The third-order valence-electron chi connectivity index (χ3n) is 8.11. The number of hydrogen-bond acceptors (Lipinski definition) is 6. The minimum Gasteiger partial charge on any atom is -0.411 e. The molecule has 1 aromatic carbocycles. The number of rotatable bonds is 10. The van der Waals surface area contributed by atoms with Gasteiger partial charge in [0.05, 0.1) is 17.7 Å². The van der Waals surface area contributed by atoms with Gasteiger partial charge in [-0.15, -0.1) is 13.2 Å². The predicted octanol–water partition coefficient (Wildman–Crippen LogP) is 6.58. The van der Waals surface area contributed by atoms with Crippen molar-refractivity contribution >= 4 is 19.8 Å². The number of hydrogen-bond donors (Lipinski definition) is 2. The lowest BCUT2D eigenvalue weighted by Crippen LogP contribution is -2.48. The van der Waals surface area contributed by atoms with E-state index in [1.165, 1.54) is 30.6 Å². The van der Waals surface area contributed by atoms with E-state index in [-0.39, 0.29) is 41.2 Å². The molecule has 1 fully saturated rings. The molecule has 1 aliphatic rings. The third kappa shape index (κ3) is 7.40. The monoisotopic (exact) mass is 607 g/mol. The maximum absolute atomic E-state index is 15.8. The van der Waals surface area contributed by atoms with E-state index in [2.05, 4.69) is 35.8 Å². The SMILES string of the molecule is CC(C)(C)[Si](C)(C)O[C@@H]1[C@@H](CO)C[C@@H](Nc2ccncc2C(=O)c2ccn(Cc3cccc(OC(F)(F)F)c3)c2)[C@H]1F. The van der Waals surface area contributed by atoms with Gasteiger partial charge in [0, 0.05) is 55.1 Å². The van der Waals surface area contributed by atoms with E-state index in [0.29, 0.717) is 23.2 Å². The molecule has 2 heterocycles. The lowest BCUT2D eigenvalue weighted by atomic mass is 10.1. The molecule has 42 heavy (non-hydrogen) atoms. The molecule has 0 amide bonds. The highest BCUT2D eigenvalue weighted by Crippen LogP contribution is 2.42. The Morgan fingerprint density at radius 1 is 1.19 bits per heavy atom. The summed E-state index contributed by atoms with van der Waals surface area (Å²) >= 11 is 0. The molecule has 2 aromatic heterocycles. The minimum absolute atomic E-state index is 0.126. The fourth-order valence-electron chi connectivity index (χ4n) is 4.86. The number of halogens is 4. The number of aliphatic hydroxyl groups excluding tert-OH is 1. The molecular weight excluding hydrogens is 570 g/mol. The van der Waals surface area contributed by atoms with Gasteiger partial charge in [0.2, 0.25) is 0 Å². The molecule has 2 N–H and O–H groups in total. The topological polar surface area (TPSA) is 85.6 Å². The first-order valence-corrected chi connectivity index (χ1v) is 16.7. The zero-order valence-corrected chi connectivity index (χ0v) is 25.3. The molecule has 0 bridgehead atoms. The summed E-state index contributed by atoms with van der Waals surface area (Å²) in [6, 6.07) is 8.16. The maximum atomic E-state index is 15.8. The zero-order valence-electron chi connectivity index (χ0n) is 24.3. The van der Waals surface area contributed by atoms with Crippen LogP contribution in [-0.4, -0.2) is 60.0 Å². The van der Waals surface area contributed by atoms with Crippen LogP contribution < -0.4 is 10.1 Å². The number of ketones is 1. The van der Waals surface area contributed by atoms with Gasteiger partial charge in [-0.2, -0.15) is 0 Å². The van der Waals surface area contributed by atoms with Crippen LogP contribution in [0.5, 0.6) is 5.75 Å². The predicted molar refractivity (Wildman–Crippen MR) is 154 cm³/mol. The largest absolute Gasteiger partial charge is 0.573 e. The lowest BCUT2D eigenvalue weighted by Gasteiger charge is -2.40. The number of pyridine rings is 1. The molecule has 0 radical (unpaired) electrons. The molecule has 4 rings (SSSR count). The standard InChI is InChI=1S/C30H37F4N3O4Si/c1-29(2,3)42(4,5)41-28-21(18-38)14-25(26(28)31)36-24-9-11-35-15-23(24)27(39)20-10-12-37(17-20)16-19-7-6-8-22(13-19)40-30(32,33)34/h6-13,15,17,21,25-26,28,38H,14,16,18H2,1-5H3,(H,35,36)/t21-,25-,26-,28-/m1/s1. The van der Waals surface area contributed by atoms with E-state index in [1.54, 1.807) is 35.2 Å². The molecule has 0 unspecified atom stereocenters. The first-order valence-electron chi connectivity index (χ1n) is 13.8. The Balaban J connectivity index is 1.48. The number of nitrogens with one attached hydrogen (secondary N) is 1. The van der Waals surface area contributed by atoms with Crippen molar-refractivity contribution in [2.45, 2.75) is 76.5 Å². The maximum Gasteiger partial charge on any atom is 0.573 e. The summed E-state index contributed by atoms with van der Waals surface area (Å²) in [6.07, 6.45) is -0.453. The normalized spacial score (nSPS) is 21.4. The molecule has 228 valence electrons. The van der Waals surface area contributed by atoms with Crippen LogP contribution in [0.4, 0.5) is 23.2 Å². The van der Waals surface area contributed by atoms with E-state index < -0.39 is 33.0 Å². The number of benzene rings is 1. The fraction of sp³-hybridized carbons (Fsp3) is 0.467. The Morgan fingerprint density at radius 2 is 1.93 bits per heavy atom. The van der Waals surface area contributed by atoms with Gasteiger partial charge >= 0.3 is 6.36 Å².